The molecule has 8 nitrogen and oxygen atoms in total. The summed E-state index contributed by atoms with van der Waals surface area (Å²) >= 11 is 5.75. The molecule has 3 heterocycles. The highest BCUT2D eigenvalue weighted by molar-refractivity contribution is 7.80. The Labute approximate surface area is 204 Å². The van der Waals surface area contributed by atoms with Gasteiger partial charge in [-0.1, -0.05) is 19.9 Å². The number of hydrogen-bond acceptors (Lipinski definition) is 5. The van der Waals surface area contributed by atoms with Gasteiger partial charge >= 0.3 is 0 Å². The lowest BCUT2D eigenvalue weighted by Crippen LogP contribution is -2.33. The first-order valence-electron chi connectivity index (χ1n) is 11.2. The molecule has 2 atom stereocenters. The van der Waals surface area contributed by atoms with Crippen LogP contribution in [0.5, 0.6) is 5.75 Å². The van der Waals surface area contributed by atoms with Crippen LogP contribution in [0.2, 0.25) is 0 Å². The first kappa shape index (κ1) is 23.7. The second-order valence-corrected chi connectivity index (χ2v) is 9.33. The number of nitrogens with one attached hydrogen (secondary N) is 1. The molecule has 1 saturated heterocycles. The lowest BCUT2D eigenvalue weighted by atomic mass is 9.96. The average Bonchev–Trinajstić information content (AvgIpc) is 3.28. The number of aryl methyl sites for hydroxylation is 1. The van der Waals surface area contributed by atoms with Crippen molar-refractivity contribution < 1.29 is 9.66 Å². The number of methoxy groups -OCH3 is 1. The van der Waals surface area contributed by atoms with Crippen molar-refractivity contribution in [3.05, 3.63) is 81.4 Å². The van der Waals surface area contributed by atoms with E-state index in [2.05, 4.69) is 35.1 Å². The lowest BCUT2D eigenvalue weighted by molar-refractivity contribution is -0.384. The molecule has 2 aromatic heterocycles. The van der Waals surface area contributed by atoms with Gasteiger partial charge in [-0.05, 0) is 67.9 Å². The van der Waals surface area contributed by atoms with E-state index in [-0.39, 0.29) is 22.7 Å². The van der Waals surface area contributed by atoms with E-state index < -0.39 is 0 Å². The number of nitro benzene ring substituents is 1. The van der Waals surface area contributed by atoms with Crippen LogP contribution in [0.15, 0.2) is 48.7 Å². The average molecular weight is 480 g/mol. The zero-order valence-corrected chi connectivity index (χ0v) is 20.8. The van der Waals surface area contributed by atoms with Crippen molar-refractivity contribution in [1.29, 1.82) is 0 Å². The molecular weight excluding hydrogens is 450 g/mol. The Kier molecular flexibility index (Phi) is 6.56. The fourth-order valence-electron chi connectivity index (χ4n) is 4.76. The molecule has 0 amide bonds. The molecule has 178 valence electrons. The van der Waals surface area contributed by atoms with E-state index in [1.165, 1.54) is 13.2 Å². The molecular formula is C25H29N5O3S. The van der Waals surface area contributed by atoms with E-state index in [0.717, 1.165) is 29.2 Å². The topological polar surface area (TPSA) is 85.5 Å². The number of benzene rings is 1. The van der Waals surface area contributed by atoms with Crippen LogP contribution in [0.4, 0.5) is 5.69 Å². The van der Waals surface area contributed by atoms with Crippen LogP contribution in [-0.2, 0) is 0 Å². The number of rotatable bonds is 7. The number of aromatic nitrogens is 2. The third kappa shape index (κ3) is 4.23. The van der Waals surface area contributed by atoms with Crippen LogP contribution in [0.1, 0.15) is 48.6 Å². The third-order valence-electron chi connectivity index (χ3n) is 6.17. The maximum absolute atomic E-state index is 11.9. The Morgan fingerprint density at radius 1 is 1.24 bits per heavy atom. The van der Waals surface area contributed by atoms with E-state index in [4.69, 9.17) is 17.0 Å². The molecule has 1 aliphatic rings. The molecule has 3 aromatic rings. The van der Waals surface area contributed by atoms with Crippen LogP contribution < -0.4 is 10.1 Å². The van der Waals surface area contributed by atoms with Crippen molar-refractivity contribution in [2.24, 2.45) is 5.92 Å². The molecule has 2 unspecified atom stereocenters. The van der Waals surface area contributed by atoms with Gasteiger partial charge in [0.15, 0.2) is 5.11 Å². The zero-order chi connectivity index (χ0) is 24.6. The Bertz CT molecular complexity index is 1220. The molecule has 0 saturated carbocycles. The van der Waals surface area contributed by atoms with Crippen molar-refractivity contribution in [1.82, 2.24) is 19.8 Å². The minimum Gasteiger partial charge on any atom is -0.496 e. The highest BCUT2D eigenvalue weighted by atomic mass is 32.1. The first-order valence-corrected chi connectivity index (χ1v) is 11.6. The summed E-state index contributed by atoms with van der Waals surface area (Å²) in [5.74, 6) is 0.845. The van der Waals surface area contributed by atoms with Crippen molar-refractivity contribution in [3.8, 4) is 11.4 Å². The summed E-state index contributed by atoms with van der Waals surface area (Å²) in [5, 5.41) is 16.1. The van der Waals surface area contributed by atoms with Crippen molar-refractivity contribution in [2.75, 3.05) is 13.7 Å². The monoisotopic (exact) mass is 479 g/mol. The van der Waals surface area contributed by atoms with Gasteiger partial charge in [0.05, 0.1) is 35.9 Å². The highest BCUT2D eigenvalue weighted by Gasteiger charge is 2.41. The van der Waals surface area contributed by atoms with E-state index in [1.54, 1.807) is 18.3 Å². The molecule has 0 aliphatic carbocycles. The van der Waals surface area contributed by atoms with Gasteiger partial charge in [0.25, 0.3) is 5.69 Å². The zero-order valence-electron chi connectivity index (χ0n) is 20.0. The predicted octanol–water partition coefficient (Wildman–Crippen LogP) is 5.03. The van der Waals surface area contributed by atoms with Gasteiger partial charge in [-0.15, -0.1) is 0 Å². The summed E-state index contributed by atoms with van der Waals surface area (Å²) in [6.45, 7) is 9.08. The van der Waals surface area contributed by atoms with Gasteiger partial charge in [0, 0.05) is 24.1 Å². The molecule has 9 heteroatoms. The quantitative estimate of drug-likeness (QED) is 0.289. The molecule has 0 radical (unpaired) electrons. The van der Waals surface area contributed by atoms with Gasteiger partial charge < -0.3 is 19.5 Å². The standard InChI is InChI=1S/C25H29N5O3S/c1-15(2)14-28-24(23(27-25(28)34)20-8-6-7-11-26-20)19-12-16(3)29(17(19)4)21-10-9-18(33-5)13-22(21)30(31)32/h6-13,15,23-24H,14H2,1-5H3,(H,27,34). The fraction of sp³-hybridized carbons (Fsp3) is 0.360. The summed E-state index contributed by atoms with van der Waals surface area (Å²) in [7, 11) is 1.50. The molecule has 1 N–H and O–H groups in total. The van der Waals surface area contributed by atoms with Gasteiger partial charge in [-0.2, -0.15) is 0 Å². The van der Waals surface area contributed by atoms with Gasteiger partial charge in [0.1, 0.15) is 11.4 Å². The molecule has 0 bridgehead atoms. The Hall–Kier alpha value is -3.46. The third-order valence-corrected chi connectivity index (χ3v) is 6.52. The smallest absolute Gasteiger partial charge is 0.296 e. The predicted molar refractivity (Wildman–Crippen MR) is 135 cm³/mol. The normalized spacial score (nSPS) is 17.8. The summed E-state index contributed by atoms with van der Waals surface area (Å²) in [6, 6.07) is 12.7. The SMILES string of the molecule is COc1ccc(-n2c(C)cc(C3C(c4ccccn4)NC(=S)N3CC(C)C)c2C)c([N+](=O)[O-])c1. The van der Waals surface area contributed by atoms with Crippen molar-refractivity contribution in [3.63, 3.8) is 0 Å². The van der Waals surface area contributed by atoms with Crippen molar-refractivity contribution in [2.45, 2.75) is 39.8 Å². The summed E-state index contributed by atoms with van der Waals surface area (Å²) in [4.78, 5) is 18.3. The fourth-order valence-corrected chi connectivity index (χ4v) is 5.07. The Balaban J connectivity index is 1.87. The molecule has 1 aliphatic heterocycles. The molecule has 34 heavy (non-hydrogen) atoms. The van der Waals surface area contributed by atoms with Crippen LogP contribution in [0.25, 0.3) is 5.69 Å². The number of nitro groups is 1. The lowest BCUT2D eigenvalue weighted by Gasteiger charge is -2.29. The molecule has 4 rings (SSSR count). The summed E-state index contributed by atoms with van der Waals surface area (Å²) < 4.78 is 7.16. The van der Waals surface area contributed by atoms with E-state index in [1.807, 2.05) is 36.6 Å². The maximum Gasteiger partial charge on any atom is 0.296 e. The summed E-state index contributed by atoms with van der Waals surface area (Å²) in [6.07, 6.45) is 1.78. The van der Waals surface area contributed by atoms with Crippen LogP contribution in [0.3, 0.4) is 0 Å². The van der Waals surface area contributed by atoms with Crippen LogP contribution in [0, 0.1) is 29.9 Å². The number of pyridine rings is 1. The Morgan fingerprint density at radius 3 is 2.62 bits per heavy atom. The van der Waals surface area contributed by atoms with Gasteiger partial charge in [0.2, 0.25) is 0 Å². The highest BCUT2D eigenvalue weighted by Crippen LogP contribution is 2.42. The van der Waals surface area contributed by atoms with Crippen molar-refractivity contribution >= 4 is 23.0 Å². The van der Waals surface area contributed by atoms with E-state index >= 15 is 0 Å². The number of hydrogen-bond donors (Lipinski definition) is 1. The van der Waals surface area contributed by atoms with E-state index in [9.17, 15) is 10.1 Å². The van der Waals surface area contributed by atoms with Gasteiger partial charge in [-0.3, -0.25) is 15.1 Å². The van der Waals surface area contributed by atoms with Crippen LogP contribution in [-0.4, -0.2) is 38.1 Å². The Morgan fingerprint density at radius 2 is 2.00 bits per heavy atom. The second-order valence-electron chi connectivity index (χ2n) is 8.95. The van der Waals surface area contributed by atoms with E-state index in [0.29, 0.717) is 22.5 Å². The molecule has 1 fully saturated rings. The molecule has 1 aromatic carbocycles. The maximum atomic E-state index is 11.9. The first-order chi connectivity index (χ1) is 16.2. The van der Waals surface area contributed by atoms with Crippen LogP contribution >= 0.6 is 12.2 Å². The number of nitrogens with zero attached hydrogens (tertiary/aromatic N) is 4. The largest absolute Gasteiger partial charge is 0.496 e. The number of thiocarbonyl (C=S) groups is 1. The molecule has 0 spiro atoms. The number of ether oxygens (including phenoxy) is 1. The van der Waals surface area contributed by atoms with Gasteiger partial charge in [-0.25, -0.2) is 0 Å². The second kappa shape index (κ2) is 9.42. The minimum absolute atomic E-state index is 0.00641. The summed E-state index contributed by atoms with van der Waals surface area (Å²) in [5.41, 5.74) is 4.30. The minimum atomic E-state index is -0.371.